The molecule has 1 aromatic rings. The number of benzene rings is 1. The van der Waals surface area contributed by atoms with Crippen LogP contribution in [0.4, 0.5) is 5.69 Å². The zero-order valence-corrected chi connectivity index (χ0v) is 10.9. The number of hydrogen-bond donors (Lipinski definition) is 1. The number of carboxylic acid groups (broad SMARTS) is 1. The predicted molar refractivity (Wildman–Crippen MR) is 67.0 cm³/mol. The molecule has 1 atom stereocenters. The van der Waals surface area contributed by atoms with Crippen LogP contribution >= 0.6 is 15.9 Å². The molecule has 0 spiro atoms. The molecule has 0 aliphatic carbocycles. The molecule has 5 heteroatoms. The third kappa shape index (κ3) is 2.07. The van der Waals surface area contributed by atoms with Crippen molar-refractivity contribution >= 4 is 33.5 Å². The molecule has 1 heterocycles. The SMILES string of the molecule is Cc1c(Br)cccc1N1CCC(C(=O)O)C1=O. The summed E-state index contributed by atoms with van der Waals surface area (Å²) >= 11 is 3.40. The lowest BCUT2D eigenvalue weighted by Gasteiger charge is -2.19. The van der Waals surface area contributed by atoms with E-state index in [1.807, 2.05) is 25.1 Å². The molecule has 0 bridgehead atoms. The molecule has 2 rings (SSSR count). The Balaban J connectivity index is 2.34. The van der Waals surface area contributed by atoms with Crippen molar-refractivity contribution in [3.63, 3.8) is 0 Å². The van der Waals surface area contributed by atoms with Crippen molar-refractivity contribution in [2.45, 2.75) is 13.3 Å². The van der Waals surface area contributed by atoms with E-state index in [9.17, 15) is 9.59 Å². The van der Waals surface area contributed by atoms with E-state index in [0.29, 0.717) is 13.0 Å². The fraction of sp³-hybridized carbons (Fsp3) is 0.333. The van der Waals surface area contributed by atoms with E-state index in [0.717, 1.165) is 15.7 Å². The highest BCUT2D eigenvalue weighted by molar-refractivity contribution is 9.10. The Bertz CT molecular complexity index is 487. The van der Waals surface area contributed by atoms with Gasteiger partial charge in [-0.2, -0.15) is 0 Å². The van der Waals surface area contributed by atoms with Crippen LogP contribution in [-0.4, -0.2) is 23.5 Å². The number of nitrogens with zero attached hydrogens (tertiary/aromatic N) is 1. The second-order valence-electron chi connectivity index (χ2n) is 4.05. The number of anilines is 1. The van der Waals surface area contributed by atoms with Gasteiger partial charge in [0.15, 0.2) is 0 Å². The maximum atomic E-state index is 11.9. The number of carbonyl (C=O) groups is 2. The number of amides is 1. The van der Waals surface area contributed by atoms with Crippen LogP contribution in [0.1, 0.15) is 12.0 Å². The lowest BCUT2D eigenvalue weighted by Crippen LogP contribution is -2.30. The highest BCUT2D eigenvalue weighted by Gasteiger charge is 2.38. The molecule has 4 nitrogen and oxygen atoms in total. The summed E-state index contributed by atoms with van der Waals surface area (Å²) in [6.45, 7) is 2.37. The lowest BCUT2D eigenvalue weighted by atomic mass is 10.1. The predicted octanol–water partition coefficient (Wildman–Crippen LogP) is 2.20. The van der Waals surface area contributed by atoms with E-state index in [1.165, 1.54) is 0 Å². The van der Waals surface area contributed by atoms with Gasteiger partial charge in [0.2, 0.25) is 5.91 Å². The molecule has 0 radical (unpaired) electrons. The first kappa shape index (κ1) is 12.1. The number of halogens is 1. The van der Waals surface area contributed by atoms with Gasteiger partial charge in [0, 0.05) is 16.7 Å². The van der Waals surface area contributed by atoms with Crippen LogP contribution in [0.15, 0.2) is 22.7 Å². The molecule has 17 heavy (non-hydrogen) atoms. The maximum absolute atomic E-state index is 11.9. The van der Waals surface area contributed by atoms with Crippen LogP contribution in [0.25, 0.3) is 0 Å². The Morgan fingerprint density at radius 3 is 2.82 bits per heavy atom. The van der Waals surface area contributed by atoms with E-state index in [2.05, 4.69) is 15.9 Å². The van der Waals surface area contributed by atoms with Crippen molar-refractivity contribution in [3.05, 3.63) is 28.2 Å². The van der Waals surface area contributed by atoms with Crippen LogP contribution in [0, 0.1) is 12.8 Å². The Hall–Kier alpha value is -1.36. The lowest BCUT2D eigenvalue weighted by molar-refractivity contribution is -0.144. The number of carboxylic acids is 1. The average Bonchev–Trinajstić information content (AvgIpc) is 2.64. The van der Waals surface area contributed by atoms with E-state index in [1.54, 1.807) is 4.90 Å². The van der Waals surface area contributed by atoms with Crippen LogP contribution in [-0.2, 0) is 9.59 Å². The molecule has 0 aromatic heterocycles. The molecule has 1 amide bonds. The van der Waals surface area contributed by atoms with Gasteiger partial charge in [-0.25, -0.2) is 0 Å². The Labute approximate surface area is 107 Å². The quantitative estimate of drug-likeness (QED) is 0.852. The van der Waals surface area contributed by atoms with E-state index in [4.69, 9.17) is 5.11 Å². The minimum Gasteiger partial charge on any atom is -0.481 e. The standard InChI is InChI=1S/C12H12BrNO3/c1-7-9(13)3-2-4-10(7)14-6-5-8(11(14)15)12(16)17/h2-4,8H,5-6H2,1H3,(H,16,17). The van der Waals surface area contributed by atoms with Crippen LogP contribution in [0.5, 0.6) is 0 Å². The molecular formula is C12H12BrNO3. The first-order valence-corrected chi connectivity index (χ1v) is 6.11. The second-order valence-corrected chi connectivity index (χ2v) is 4.91. The molecule has 1 aromatic carbocycles. The van der Waals surface area contributed by atoms with Crippen molar-refractivity contribution < 1.29 is 14.7 Å². The average molecular weight is 298 g/mol. The summed E-state index contributed by atoms with van der Waals surface area (Å²) in [6, 6.07) is 5.57. The first-order chi connectivity index (χ1) is 8.02. The Morgan fingerprint density at radius 1 is 1.53 bits per heavy atom. The smallest absolute Gasteiger partial charge is 0.316 e. The number of rotatable bonds is 2. The Kier molecular flexibility index (Phi) is 3.19. The van der Waals surface area contributed by atoms with E-state index in [-0.39, 0.29) is 5.91 Å². The van der Waals surface area contributed by atoms with Gasteiger partial charge in [-0.3, -0.25) is 9.59 Å². The molecule has 1 unspecified atom stereocenters. The summed E-state index contributed by atoms with van der Waals surface area (Å²) in [5.74, 6) is -2.25. The summed E-state index contributed by atoms with van der Waals surface area (Å²) in [6.07, 6.45) is 0.375. The zero-order chi connectivity index (χ0) is 12.6. The van der Waals surface area contributed by atoms with Crippen molar-refractivity contribution in [1.82, 2.24) is 0 Å². The summed E-state index contributed by atoms with van der Waals surface area (Å²) in [5.41, 5.74) is 1.74. The van der Waals surface area contributed by atoms with Crippen LogP contribution < -0.4 is 4.90 Å². The molecule has 90 valence electrons. The monoisotopic (exact) mass is 297 g/mol. The number of hydrogen-bond acceptors (Lipinski definition) is 2. The van der Waals surface area contributed by atoms with Gasteiger partial charge in [0.1, 0.15) is 5.92 Å². The molecular weight excluding hydrogens is 286 g/mol. The summed E-state index contributed by atoms with van der Waals surface area (Å²) in [4.78, 5) is 24.4. The molecule has 1 N–H and O–H groups in total. The number of aliphatic carboxylic acids is 1. The van der Waals surface area contributed by atoms with Crippen molar-refractivity contribution in [1.29, 1.82) is 0 Å². The summed E-state index contributed by atoms with van der Waals surface area (Å²) in [7, 11) is 0. The van der Waals surface area contributed by atoms with Crippen LogP contribution in [0.2, 0.25) is 0 Å². The highest BCUT2D eigenvalue weighted by atomic mass is 79.9. The third-order valence-electron chi connectivity index (χ3n) is 3.03. The highest BCUT2D eigenvalue weighted by Crippen LogP contribution is 2.31. The summed E-state index contributed by atoms with van der Waals surface area (Å²) < 4.78 is 0.918. The molecule has 1 saturated heterocycles. The van der Waals surface area contributed by atoms with Gasteiger partial charge in [-0.15, -0.1) is 0 Å². The van der Waals surface area contributed by atoms with Gasteiger partial charge in [-0.05, 0) is 31.0 Å². The van der Waals surface area contributed by atoms with Gasteiger partial charge < -0.3 is 10.0 Å². The van der Waals surface area contributed by atoms with Crippen molar-refractivity contribution in [2.75, 3.05) is 11.4 Å². The second kappa shape index (κ2) is 4.49. The van der Waals surface area contributed by atoms with Crippen LogP contribution in [0.3, 0.4) is 0 Å². The third-order valence-corrected chi connectivity index (χ3v) is 3.89. The molecule has 1 aliphatic rings. The maximum Gasteiger partial charge on any atom is 0.316 e. The number of carbonyl (C=O) groups excluding carboxylic acids is 1. The topological polar surface area (TPSA) is 57.6 Å². The Morgan fingerprint density at radius 2 is 2.24 bits per heavy atom. The molecule has 0 saturated carbocycles. The fourth-order valence-corrected chi connectivity index (χ4v) is 2.39. The normalized spacial score (nSPS) is 19.8. The minimum atomic E-state index is -1.04. The van der Waals surface area contributed by atoms with Gasteiger partial charge >= 0.3 is 5.97 Å². The van der Waals surface area contributed by atoms with Gasteiger partial charge in [-0.1, -0.05) is 22.0 Å². The molecule has 1 fully saturated rings. The molecule has 1 aliphatic heterocycles. The van der Waals surface area contributed by atoms with E-state index >= 15 is 0 Å². The first-order valence-electron chi connectivity index (χ1n) is 5.31. The van der Waals surface area contributed by atoms with Crippen molar-refractivity contribution in [2.24, 2.45) is 5.92 Å². The van der Waals surface area contributed by atoms with Gasteiger partial charge in [0.25, 0.3) is 0 Å². The zero-order valence-electron chi connectivity index (χ0n) is 9.31. The fourth-order valence-electron chi connectivity index (χ4n) is 2.04. The van der Waals surface area contributed by atoms with Crippen molar-refractivity contribution in [3.8, 4) is 0 Å². The van der Waals surface area contributed by atoms with Gasteiger partial charge in [0.05, 0.1) is 0 Å². The minimum absolute atomic E-state index is 0.321. The largest absolute Gasteiger partial charge is 0.481 e. The van der Waals surface area contributed by atoms with E-state index < -0.39 is 11.9 Å². The summed E-state index contributed by atoms with van der Waals surface area (Å²) in [5, 5.41) is 8.92.